The average Bonchev–Trinajstić information content (AvgIpc) is 2.24. The van der Waals surface area contributed by atoms with Gasteiger partial charge in [0, 0.05) is 5.56 Å². The summed E-state index contributed by atoms with van der Waals surface area (Å²) >= 11 is 0. The summed E-state index contributed by atoms with van der Waals surface area (Å²) in [6.45, 7) is 3.85. The van der Waals surface area contributed by atoms with Crippen LogP contribution in [0.1, 0.15) is 18.1 Å². The molecular weight excluding hydrogens is 186 g/mol. The van der Waals surface area contributed by atoms with Crippen LogP contribution in [-0.2, 0) is 0 Å². The summed E-state index contributed by atoms with van der Waals surface area (Å²) in [5.41, 5.74) is 2.57. The van der Waals surface area contributed by atoms with Crippen molar-refractivity contribution in [3.05, 3.63) is 35.4 Å². The van der Waals surface area contributed by atoms with Crippen LogP contribution < -0.4 is 4.90 Å². The van der Waals surface area contributed by atoms with Gasteiger partial charge >= 0.3 is 0 Å². The summed E-state index contributed by atoms with van der Waals surface area (Å²) < 4.78 is 0. The zero-order chi connectivity index (χ0) is 11.3. The lowest BCUT2D eigenvalue weighted by atomic mass is 10.1. The highest BCUT2D eigenvalue weighted by Crippen LogP contribution is 2.24. The van der Waals surface area contributed by atoms with Crippen LogP contribution in [0.2, 0.25) is 0 Å². The largest absolute Gasteiger partial charge is 0.198 e. The standard InChI is InChI=1S/C12H11N3/c1-3-5-11-10(2)6-4-7-12(11)15(8-13)9-14/h3-7H,1-2H3. The van der Waals surface area contributed by atoms with Crippen molar-refractivity contribution >= 4 is 11.8 Å². The fourth-order valence-corrected chi connectivity index (χ4v) is 1.37. The molecule has 0 aliphatic heterocycles. The Hall–Kier alpha value is -2.26. The fraction of sp³-hybridized carbons (Fsp3) is 0.167. The second-order valence-electron chi connectivity index (χ2n) is 3.04. The third kappa shape index (κ3) is 2.15. The summed E-state index contributed by atoms with van der Waals surface area (Å²) in [5.74, 6) is 0. The van der Waals surface area contributed by atoms with Gasteiger partial charge in [0.15, 0.2) is 12.4 Å². The summed E-state index contributed by atoms with van der Waals surface area (Å²) in [5, 5.41) is 17.6. The first-order valence-electron chi connectivity index (χ1n) is 4.56. The van der Waals surface area contributed by atoms with E-state index in [0.29, 0.717) is 5.69 Å². The minimum atomic E-state index is 0.623. The van der Waals surface area contributed by atoms with Gasteiger partial charge in [0.2, 0.25) is 0 Å². The molecule has 1 aromatic rings. The quantitative estimate of drug-likeness (QED) is 0.541. The van der Waals surface area contributed by atoms with E-state index in [1.807, 2.05) is 50.5 Å². The van der Waals surface area contributed by atoms with Gasteiger partial charge in [-0.15, -0.1) is 0 Å². The van der Waals surface area contributed by atoms with Crippen LogP contribution >= 0.6 is 0 Å². The number of nitriles is 2. The topological polar surface area (TPSA) is 50.8 Å². The molecule has 0 aromatic heterocycles. The molecule has 3 heteroatoms. The monoisotopic (exact) mass is 197 g/mol. The normalized spacial score (nSPS) is 9.60. The van der Waals surface area contributed by atoms with Gasteiger partial charge in [-0.3, -0.25) is 0 Å². The lowest BCUT2D eigenvalue weighted by Crippen LogP contribution is -2.09. The van der Waals surface area contributed by atoms with E-state index in [-0.39, 0.29) is 0 Å². The Kier molecular flexibility index (Phi) is 3.49. The lowest BCUT2D eigenvalue weighted by molar-refractivity contribution is 1.25. The van der Waals surface area contributed by atoms with Gasteiger partial charge in [-0.2, -0.15) is 15.4 Å². The van der Waals surface area contributed by atoms with Crippen LogP contribution in [0.15, 0.2) is 24.3 Å². The molecule has 0 aliphatic carbocycles. The number of hydrogen-bond donors (Lipinski definition) is 0. The molecule has 1 rings (SSSR count). The summed E-state index contributed by atoms with van der Waals surface area (Å²) in [6.07, 6.45) is 7.45. The molecule has 0 N–H and O–H groups in total. The molecule has 0 atom stereocenters. The highest BCUT2D eigenvalue weighted by Gasteiger charge is 2.09. The van der Waals surface area contributed by atoms with Gasteiger partial charge in [0.05, 0.1) is 5.69 Å². The van der Waals surface area contributed by atoms with Crippen LogP contribution in [-0.4, -0.2) is 0 Å². The van der Waals surface area contributed by atoms with Crippen LogP contribution in [0.4, 0.5) is 5.69 Å². The minimum absolute atomic E-state index is 0.623. The summed E-state index contributed by atoms with van der Waals surface area (Å²) in [4.78, 5) is 1.00. The van der Waals surface area contributed by atoms with Crippen molar-refractivity contribution in [1.82, 2.24) is 0 Å². The number of allylic oxidation sites excluding steroid dienone is 1. The molecule has 15 heavy (non-hydrogen) atoms. The molecule has 0 amide bonds. The molecular formula is C12H11N3. The van der Waals surface area contributed by atoms with E-state index in [2.05, 4.69) is 0 Å². The number of anilines is 1. The number of benzene rings is 1. The number of nitrogens with zero attached hydrogens (tertiary/aromatic N) is 3. The molecule has 0 heterocycles. The van der Waals surface area contributed by atoms with E-state index in [1.165, 1.54) is 0 Å². The van der Waals surface area contributed by atoms with Crippen molar-refractivity contribution in [1.29, 1.82) is 10.5 Å². The summed E-state index contributed by atoms with van der Waals surface area (Å²) in [7, 11) is 0. The van der Waals surface area contributed by atoms with Crippen molar-refractivity contribution in [3.63, 3.8) is 0 Å². The highest BCUT2D eigenvalue weighted by atomic mass is 15.1. The molecule has 0 aliphatic rings. The third-order valence-corrected chi connectivity index (χ3v) is 2.08. The first-order chi connectivity index (χ1) is 7.24. The average molecular weight is 197 g/mol. The summed E-state index contributed by atoms with van der Waals surface area (Å²) in [6, 6.07) is 5.54. The maximum absolute atomic E-state index is 8.79. The molecule has 74 valence electrons. The molecule has 0 bridgehead atoms. The molecule has 0 saturated carbocycles. The maximum Gasteiger partial charge on any atom is 0.198 e. The van der Waals surface area contributed by atoms with Gasteiger partial charge in [-0.25, -0.2) is 0 Å². The van der Waals surface area contributed by atoms with Crippen LogP contribution in [0.25, 0.3) is 6.08 Å². The zero-order valence-corrected chi connectivity index (χ0v) is 8.73. The van der Waals surface area contributed by atoms with Crippen LogP contribution in [0.5, 0.6) is 0 Å². The Morgan fingerprint density at radius 1 is 1.27 bits per heavy atom. The van der Waals surface area contributed by atoms with Crippen molar-refractivity contribution < 1.29 is 0 Å². The highest BCUT2D eigenvalue weighted by molar-refractivity contribution is 5.73. The van der Waals surface area contributed by atoms with E-state index in [9.17, 15) is 0 Å². The Labute approximate surface area is 89.5 Å². The Morgan fingerprint density at radius 3 is 2.47 bits per heavy atom. The number of hydrogen-bond acceptors (Lipinski definition) is 3. The van der Waals surface area contributed by atoms with Gasteiger partial charge in [0.1, 0.15) is 0 Å². The predicted molar refractivity (Wildman–Crippen MR) is 59.6 cm³/mol. The van der Waals surface area contributed by atoms with Crippen molar-refractivity contribution in [2.45, 2.75) is 13.8 Å². The lowest BCUT2D eigenvalue weighted by Gasteiger charge is -2.11. The molecule has 0 unspecified atom stereocenters. The van der Waals surface area contributed by atoms with E-state index in [0.717, 1.165) is 16.0 Å². The second kappa shape index (κ2) is 4.83. The first kappa shape index (κ1) is 10.8. The van der Waals surface area contributed by atoms with Crippen LogP contribution in [0.3, 0.4) is 0 Å². The Balaban J connectivity index is 3.37. The van der Waals surface area contributed by atoms with E-state index >= 15 is 0 Å². The molecule has 0 fully saturated rings. The van der Waals surface area contributed by atoms with Crippen molar-refractivity contribution in [2.24, 2.45) is 0 Å². The molecule has 1 aromatic carbocycles. The number of rotatable bonds is 2. The Bertz CT molecular complexity index is 447. The van der Waals surface area contributed by atoms with Gasteiger partial charge in [-0.1, -0.05) is 24.3 Å². The number of aryl methyl sites for hydroxylation is 1. The van der Waals surface area contributed by atoms with Crippen LogP contribution in [0, 0.1) is 29.8 Å². The molecule has 0 radical (unpaired) electrons. The predicted octanol–water partition coefficient (Wildman–Crippen LogP) is 2.80. The SMILES string of the molecule is CC=Cc1c(C)cccc1N(C#N)C#N. The van der Waals surface area contributed by atoms with Gasteiger partial charge < -0.3 is 0 Å². The molecule has 0 spiro atoms. The zero-order valence-electron chi connectivity index (χ0n) is 8.73. The van der Waals surface area contributed by atoms with Gasteiger partial charge in [0.25, 0.3) is 0 Å². The molecule has 3 nitrogen and oxygen atoms in total. The van der Waals surface area contributed by atoms with E-state index in [1.54, 1.807) is 6.07 Å². The van der Waals surface area contributed by atoms with E-state index < -0.39 is 0 Å². The van der Waals surface area contributed by atoms with E-state index in [4.69, 9.17) is 10.5 Å². The minimum Gasteiger partial charge on any atom is -0.182 e. The second-order valence-corrected chi connectivity index (χ2v) is 3.04. The maximum atomic E-state index is 8.79. The first-order valence-corrected chi connectivity index (χ1v) is 4.56. The van der Waals surface area contributed by atoms with Crippen molar-refractivity contribution in [2.75, 3.05) is 4.90 Å². The third-order valence-electron chi connectivity index (χ3n) is 2.08. The van der Waals surface area contributed by atoms with Gasteiger partial charge in [-0.05, 0) is 25.5 Å². The fourth-order valence-electron chi connectivity index (χ4n) is 1.37. The smallest absolute Gasteiger partial charge is 0.182 e. The molecule has 0 saturated heterocycles. The Morgan fingerprint density at radius 2 is 1.93 bits per heavy atom. The van der Waals surface area contributed by atoms with Crippen molar-refractivity contribution in [3.8, 4) is 12.4 Å².